The summed E-state index contributed by atoms with van der Waals surface area (Å²) in [6, 6.07) is 22.5. The van der Waals surface area contributed by atoms with E-state index in [2.05, 4.69) is 58.8 Å². The number of hydrogen-bond donors (Lipinski definition) is 1. The van der Waals surface area contributed by atoms with Crippen LogP contribution in [0.15, 0.2) is 71.1 Å². The third-order valence-electron chi connectivity index (χ3n) is 4.33. The average molecular weight is 406 g/mol. The molecule has 1 amide bonds. The second kappa shape index (κ2) is 8.54. The zero-order valence-electron chi connectivity index (χ0n) is 15.4. The third kappa shape index (κ3) is 4.58. The SMILES string of the molecule is Cc1cccc(CSc2nnc(NC(=O)Cc3cccc4ccccc34)s2)c1. The first-order valence-electron chi connectivity index (χ1n) is 8.96. The smallest absolute Gasteiger partial charge is 0.230 e. The van der Waals surface area contributed by atoms with Gasteiger partial charge < -0.3 is 5.32 Å². The molecule has 1 N–H and O–H groups in total. The Kier molecular flexibility index (Phi) is 5.69. The van der Waals surface area contributed by atoms with E-state index in [-0.39, 0.29) is 5.91 Å². The summed E-state index contributed by atoms with van der Waals surface area (Å²) in [5.41, 5.74) is 3.51. The predicted octanol–water partition coefficient (Wildman–Crippen LogP) is 5.47. The van der Waals surface area contributed by atoms with E-state index in [0.29, 0.717) is 11.6 Å². The first-order chi connectivity index (χ1) is 13.7. The van der Waals surface area contributed by atoms with Crippen molar-refractivity contribution in [3.05, 3.63) is 83.4 Å². The Bertz CT molecular complexity index is 1120. The largest absolute Gasteiger partial charge is 0.300 e. The zero-order chi connectivity index (χ0) is 19.3. The number of rotatable bonds is 6. The highest BCUT2D eigenvalue weighted by atomic mass is 32.2. The summed E-state index contributed by atoms with van der Waals surface area (Å²) >= 11 is 3.04. The summed E-state index contributed by atoms with van der Waals surface area (Å²) in [6.07, 6.45) is 0.312. The Morgan fingerprint density at radius 1 is 1.04 bits per heavy atom. The number of aromatic nitrogens is 2. The van der Waals surface area contributed by atoms with Gasteiger partial charge in [-0.15, -0.1) is 10.2 Å². The first kappa shape index (κ1) is 18.7. The summed E-state index contributed by atoms with van der Waals surface area (Å²) in [4.78, 5) is 12.5. The second-order valence-electron chi connectivity index (χ2n) is 6.51. The highest BCUT2D eigenvalue weighted by molar-refractivity contribution is 8.00. The summed E-state index contributed by atoms with van der Waals surface area (Å²) in [6.45, 7) is 2.09. The van der Waals surface area contributed by atoms with E-state index >= 15 is 0 Å². The molecule has 4 aromatic rings. The molecule has 140 valence electrons. The van der Waals surface area contributed by atoms with Gasteiger partial charge in [0.2, 0.25) is 11.0 Å². The molecular formula is C22H19N3OS2. The summed E-state index contributed by atoms with van der Waals surface area (Å²) in [7, 11) is 0. The number of nitrogens with zero attached hydrogens (tertiary/aromatic N) is 2. The first-order valence-corrected chi connectivity index (χ1v) is 10.8. The van der Waals surface area contributed by atoms with E-state index in [1.54, 1.807) is 11.8 Å². The molecule has 0 aliphatic rings. The van der Waals surface area contributed by atoms with Gasteiger partial charge >= 0.3 is 0 Å². The van der Waals surface area contributed by atoms with E-state index in [0.717, 1.165) is 26.4 Å². The topological polar surface area (TPSA) is 54.9 Å². The van der Waals surface area contributed by atoms with Crippen LogP contribution < -0.4 is 5.32 Å². The maximum atomic E-state index is 12.5. The minimum absolute atomic E-state index is 0.0808. The van der Waals surface area contributed by atoms with Crippen LogP contribution in [-0.2, 0) is 17.0 Å². The summed E-state index contributed by atoms with van der Waals surface area (Å²) in [5.74, 6) is 0.753. The molecule has 1 heterocycles. The highest BCUT2D eigenvalue weighted by Gasteiger charge is 2.11. The van der Waals surface area contributed by atoms with Crippen molar-refractivity contribution in [2.45, 2.75) is 23.4 Å². The summed E-state index contributed by atoms with van der Waals surface area (Å²) in [5, 5.41) is 13.9. The molecule has 6 heteroatoms. The van der Waals surface area contributed by atoms with Gasteiger partial charge in [0.25, 0.3) is 0 Å². The quantitative estimate of drug-likeness (QED) is 0.341. The molecule has 1 aromatic heterocycles. The number of nitrogens with one attached hydrogen (secondary N) is 1. The van der Waals surface area contributed by atoms with Crippen LogP contribution in [0.2, 0.25) is 0 Å². The molecule has 0 fully saturated rings. The van der Waals surface area contributed by atoms with Crippen molar-refractivity contribution in [2.75, 3.05) is 5.32 Å². The fourth-order valence-corrected chi connectivity index (χ4v) is 4.76. The van der Waals surface area contributed by atoms with Gasteiger partial charge in [-0.05, 0) is 28.8 Å². The second-order valence-corrected chi connectivity index (χ2v) is 8.71. The third-order valence-corrected chi connectivity index (χ3v) is 6.37. The van der Waals surface area contributed by atoms with Crippen molar-refractivity contribution in [3.63, 3.8) is 0 Å². The standard InChI is InChI=1S/C22H19N3OS2/c1-15-6-4-7-16(12-15)14-27-22-25-24-21(28-22)23-20(26)13-18-10-5-9-17-8-2-3-11-19(17)18/h2-12H,13-14H2,1H3,(H,23,24,26). The van der Waals surface area contributed by atoms with Crippen LogP contribution in [-0.4, -0.2) is 16.1 Å². The Balaban J connectivity index is 1.37. The number of anilines is 1. The number of amides is 1. The molecule has 0 bridgehead atoms. The predicted molar refractivity (Wildman–Crippen MR) is 117 cm³/mol. The number of carbonyl (C=O) groups is 1. The maximum absolute atomic E-state index is 12.5. The normalized spacial score (nSPS) is 10.9. The minimum atomic E-state index is -0.0808. The van der Waals surface area contributed by atoms with Gasteiger partial charge in [0.15, 0.2) is 4.34 Å². The van der Waals surface area contributed by atoms with Gasteiger partial charge in [-0.3, -0.25) is 4.79 Å². The average Bonchev–Trinajstić information content (AvgIpc) is 3.14. The van der Waals surface area contributed by atoms with Crippen molar-refractivity contribution >= 4 is 44.9 Å². The molecule has 0 atom stereocenters. The number of aryl methyl sites for hydroxylation is 1. The van der Waals surface area contributed by atoms with Gasteiger partial charge in [0.05, 0.1) is 6.42 Å². The van der Waals surface area contributed by atoms with Crippen molar-refractivity contribution < 1.29 is 4.79 Å². The Hall–Kier alpha value is -2.70. The summed E-state index contributed by atoms with van der Waals surface area (Å²) < 4.78 is 0.849. The highest BCUT2D eigenvalue weighted by Crippen LogP contribution is 2.28. The van der Waals surface area contributed by atoms with E-state index in [1.807, 2.05) is 30.3 Å². The molecule has 0 aliphatic heterocycles. The van der Waals surface area contributed by atoms with Crippen LogP contribution >= 0.6 is 23.1 Å². The van der Waals surface area contributed by atoms with Gasteiger partial charge in [-0.2, -0.15) is 0 Å². The lowest BCUT2D eigenvalue weighted by Crippen LogP contribution is -2.14. The van der Waals surface area contributed by atoms with E-state index in [4.69, 9.17) is 0 Å². The monoisotopic (exact) mass is 405 g/mol. The molecule has 4 nitrogen and oxygen atoms in total. The lowest BCUT2D eigenvalue weighted by atomic mass is 10.0. The molecule has 4 rings (SSSR count). The van der Waals surface area contributed by atoms with Gasteiger partial charge in [0, 0.05) is 5.75 Å². The van der Waals surface area contributed by atoms with E-state index in [1.165, 1.54) is 22.5 Å². The van der Waals surface area contributed by atoms with E-state index < -0.39 is 0 Å². The number of fused-ring (bicyclic) bond motifs is 1. The number of hydrogen-bond acceptors (Lipinski definition) is 5. The molecule has 0 saturated heterocycles. The fraction of sp³-hybridized carbons (Fsp3) is 0.136. The Morgan fingerprint density at radius 3 is 2.75 bits per heavy atom. The Labute approximate surface area is 172 Å². The van der Waals surface area contributed by atoms with Crippen LogP contribution in [0, 0.1) is 6.92 Å². The number of thioether (sulfide) groups is 1. The van der Waals surface area contributed by atoms with Gasteiger partial charge in [-0.1, -0.05) is 95.4 Å². The van der Waals surface area contributed by atoms with Crippen molar-refractivity contribution in [1.29, 1.82) is 0 Å². The van der Waals surface area contributed by atoms with Crippen molar-refractivity contribution in [2.24, 2.45) is 0 Å². The number of benzene rings is 3. The van der Waals surface area contributed by atoms with Gasteiger partial charge in [0.1, 0.15) is 0 Å². The molecule has 0 spiro atoms. The lowest BCUT2D eigenvalue weighted by Gasteiger charge is -2.06. The molecule has 28 heavy (non-hydrogen) atoms. The molecule has 0 radical (unpaired) electrons. The molecule has 3 aromatic carbocycles. The molecular weight excluding hydrogens is 386 g/mol. The fourth-order valence-electron chi connectivity index (χ4n) is 3.05. The van der Waals surface area contributed by atoms with Crippen LogP contribution in [0.25, 0.3) is 10.8 Å². The van der Waals surface area contributed by atoms with Crippen LogP contribution in [0.1, 0.15) is 16.7 Å². The van der Waals surface area contributed by atoms with Crippen molar-refractivity contribution in [1.82, 2.24) is 10.2 Å². The van der Waals surface area contributed by atoms with Crippen LogP contribution in [0.3, 0.4) is 0 Å². The molecule has 0 aliphatic carbocycles. The number of carbonyl (C=O) groups excluding carboxylic acids is 1. The maximum Gasteiger partial charge on any atom is 0.230 e. The lowest BCUT2D eigenvalue weighted by molar-refractivity contribution is -0.115. The molecule has 0 unspecified atom stereocenters. The van der Waals surface area contributed by atoms with E-state index in [9.17, 15) is 4.79 Å². The van der Waals surface area contributed by atoms with Crippen molar-refractivity contribution in [3.8, 4) is 0 Å². The van der Waals surface area contributed by atoms with Gasteiger partial charge in [-0.25, -0.2) is 0 Å². The molecule has 0 saturated carbocycles. The Morgan fingerprint density at radius 2 is 1.86 bits per heavy atom. The zero-order valence-corrected chi connectivity index (χ0v) is 17.0. The van der Waals surface area contributed by atoms with Crippen LogP contribution in [0.5, 0.6) is 0 Å². The van der Waals surface area contributed by atoms with Crippen LogP contribution in [0.4, 0.5) is 5.13 Å². The minimum Gasteiger partial charge on any atom is -0.300 e.